The Balaban J connectivity index is 1.02. The molecular weight excluding hydrogens is 697 g/mol. The van der Waals surface area contributed by atoms with Gasteiger partial charge in [0.2, 0.25) is 0 Å². The maximum atomic E-state index is 12.4. The van der Waals surface area contributed by atoms with Gasteiger partial charge in [-0.3, -0.25) is 0 Å². The van der Waals surface area contributed by atoms with Gasteiger partial charge in [0.1, 0.15) is 22.8 Å². The second kappa shape index (κ2) is 13.7. The van der Waals surface area contributed by atoms with E-state index in [1.165, 1.54) is 49.7 Å². The molecule has 0 saturated carbocycles. The van der Waals surface area contributed by atoms with Crippen molar-refractivity contribution in [1.29, 1.82) is 0 Å². The van der Waals surface area contributed by atoms with E-state index in [0.717, 1.165) is 39.0 Å². The molecule has 9 aromatic rings. The van der Waals surface area contributed by atoms with Gasteiger partial charge in [-0.2, -0.15) is 0 Å². The summed E-state index contributed by atoms with van der Waals surface area (Å²) in [5, 5.41) is 17.1. The molecule has 0 amide bonds. The average molecular weight is 737 g/mol. The fourth-order valence-electron chi connectivity index (χ4n) is 9.05. The summed E-state index contributed by atoms with van der Waals surface area (Å²) >= 11 is 0. The van der Waals surface area contributed by atoms with E-state index in [4.69, 9.17) is 9.47 Å². The fourth-order valence-corrected chi connectivity index (χ4v) is 9.05. The van der Waals surface area contributed by atoms with Crippen molar-refractivity contribution in [3.05, 3.63) is 245 Å². The first-order valence-electron chi connectivity index (χ1n) is 19.4. The van der Waals surface area contributed by atoms with Crippen LogP contribution in [0.1, 0.15) is 44.5 Å². The molecule has 1 aliphatic rings. The van der Waals surface area contributed by atoms with E-state index in [1.807, 2.05) is 84.9 Å². The van der Waals surface area contributed by atoms with Crippen molar-refractivity contribution in [2.75, 3.05) is 7.11 Å². The van der Waals surface area contributed by atoms with Gasteiger partial charge in [0.05, 0.1) is 12.5 Å². The van der Waals surface area contributed by atoms with Crippen LogP contribution in [0.2, 0.25) is 0 Å². The maximum Gasteiger partial charge on any atom is 0.140 e. The summed E-state index contributed by atoms with van der Waals surface area (Å²) in [4.78, 5) is 0. The van der Waals surface area contributed by atoms with Crippen molar-refractivity contribution in [2.45, 2.75) is 17.9 Å². The van der Waals surface area contributed by atoms with Crippen molar-refractivity contribution in [1.82, 2.24) is 0 Å². The summed E-state index contributed by atoms with van der Waals surface area (Å²) in [6.07, 6.45) is 0. The predicted molar refractivity (Wildman–Crippen MR) is 232 cm³/mol. The smallest absolute Gasteiger partial charge is 0.140 e. The molecule has 0 aromatic heterocycles. The van der Waals surface area contributed by atoms with Gasteiger partial charge >= 0.3 is 0 Å². The standard InChI is InChI=1S/C54H40O3/c1-36-16-17-38-33-44(21-18-37(38)32-36)53(51-14-8-6-12-49(51)50-13-7-9-15-52(50)53)45-22-19-40-35-48(27-20-39(40)34-45)57-47-30-25-43(26-31-47)54(55,41-10-4-3-5-11-41)42-23-28-46(56-2)29-24-42/h3-35,55H,1-2H3. The van der Waals surface area contributed by atoms with Crippen LogP contribution in [0.3, 0.4) is 0 Å². The molecule has 0 bridgehead atoms. The first kappa shape index (κ1) is 34.5. The van der Waals surface area contributed by atoms with Gasteiger partial charge in [0, 0.05) is 0 Å². The third-order valence-corrected chi connectivity index (χ3v) is 11.8. The third-order valence-electron chi connectivity index (χ3n) is 11.8. The number of aliphatic hydroxyl groups is 1. The van der Waals surface area contributed by atoms with Crippen molar-refractivity contribution in [3.63, 3.8) is 0 Å². The first-order valence-corrected chi connectivity index (χ1v) is 19.4. The molecule has 0 radical (unpaired) electrons. The fraction of sp³-hybridized carbons (Fsp3) is 0.0741. The first-order chi connectivity index (χ1) is 27.9. The van der Waals surface area contributed by atoms with Crippen LogP contribution in [0, 0.1) is 6.92 Å². The summed E-state index contributed by atoms with van der Waals surface area (Å²) in [7, 11) is 1.64. The predicted octanol–water partition coefficient (Wildman–Crippen LogP) is 12.7. The van der Waals surface area contributed by atoms with E-state index in [-0.39, 0.29) is 0 Å². The summed E-state index contributed by atoms with van der Waals surface area (Å²) in [5.74, 6) is 2.16. The van der Waals surface area contributed by atoms with Crippen LogP contribution in [0.15, 0.2) is 200 Å². The van der Waals surface area contributed by atoms with Gasteiger partial charge in [0.15, 0.2) is 0 Å². The lowest BCUT2D eigenvalue weighted by molar-refractivity contribution is 0.125. The van der Waals surface area contributed by atoms with Gasteiger partial charge in [-0.25, -0.2) is 0 Å². The van der Waals surface area contributed by atoms with E-state index in [0.29, 0.717) is 5.75 Å². The highest BCUT2D eigenvalue weighted by Crippen LogP contribution is 2.56. The van der Waals surface area contributed by atoms with E-state index < -0.39 is 11.0 Å². The Labute approximate surface area is 333 Å². The second-order valence-corrected chi connectivity index (χ2v) is 15.1. The number of fused-ring (bicyclic) bond motifs is 5. The number of benzene rings is 9. The lowest BCUT2D eigenvalue weighted by Gasteiger charge is -2.34. The molecule has 3 nitrogen and oxygen atoms in total. The van der Waals surface area contributed by atoms with Crippen LogP contribution >= 0.6 is 0 Å². The lowest BCUT2D eigenvalue weighted by Crippen LogP contribution is -2.28. The van der Waals surface area contributed by atoms with E-state index >= 15 is 0 Å². The monoisotopic (exact) mass is 736 g/mol. The molecule has 1 N–H and O–H groups in total. The Bertz CT molecular complexity index is 2880. The molecule has 1 unspecified atom stereocenters. The molecule has 10 rings (SSSR count). The molecule has 3 heteroatoms. The molecule has 9 aromatic carbocycles. The van der Waals surface area contributed by atoms with E-state index in [9.17, 15) is 5.11 Å². The average Bonchev–Trinajstić information content (AvgIpc) is 3.57. The highest BCUT2D eigenvalue weighted by molar-refractivity contribution is 5.92. The molecule has 57 heavy (non-hydrogen) atoms. The minimum absolute atomic E-state index is 0.495. The number of ether oxygens (including phenoxy) is 2. The quantitative estimate of drug-likeness (QED) is 0.158. The Hall–Kier alpha value is -6.94. The van der Waals surface area contributed by atoms with Crippen molar-refractivity contribution >= 4 is 21.5 Å². The minimum Gasteiger partial charge on any atom is -0.497 e. The number of hydrogen-bond donors (Lipinski definition) is 1. The van der Waals surface area contributed by atoms with E-state index in [2.05, 4.69) is 122 Å². The molecule has 0 heterocycles. The zero-order chi connectivity index (χ0) is 38.6. The summed E-state index contributed by atoms with van der Waals surface area (Å²) < 4.78 is 11.8. The second-order valence-electron chi connectivity index (χ2n) is 15.1. The largest absolute Gasteiger partial charge is 0.497 e. The van der Waals surface area contributed by atoms with Crippen molar-refractivity contribution < 1.29 is 14.6 Å². The summed E-state index contributed by atoms with van der Waals surface area (Å²) in [5.41, 5.74) is 9.30. The lowest BCUT2D eigenvalue weighted by atomic mass is 9.67. The highest BCUT2D eigenvalue weighted by atomic mass is 16.5. The summed E-state index contributed by atoms with van der Waals surface area (Å²) in [6, 6.07) is 69.7. The van der Waals surface area contributed by atoms with Crippen LogP contribution in [0.4, 0.5) is 0 Å². The van der Waals surface area contributed by atoms with Crippen molar-refractivity contribution in [3.8, 4) is 28.4 Å². The number of hydrogen-bond acceptors (Lipinski definition) is 3. The Kier molecular flexibility index (Phi) is 8.28. The molecule has 0 fully saturated rings. The molecule has 0 aliphatic heterocycles. The zero-order valence-electron chi connectivity index (χ0n) is 31.8. The van der Waals surface area contributed by atoms with Gasteiger partial charge in [0.25, 0.3) is 0 Å². The molecule has 0 spiro atoms. The summed E-state index contributed by atoms with van der Waals surface area (Å²) in [6.45, 7) is 2.15. The topological polar surface area (TPSA) is 38.7 Å². The van der Waals surface area contributed by atoms with Gasteiger partial charge in [-0.05, 0) is 127 Å². The SMILES string of the molecule is COc1ccc(C(O)(c2ccccc2)c2ccc(Oc3ccc4cc(C5(c6ccc7cc(C)ccc7c6)c6ccccc6-c6ccccc65)ccc4c3)cc2)cc1. The minimum atomic E-state index is -1.36. The molecular formula is C54H40O3. The Morgan fingerprint density at radius 3 is 1.47 bits per heavy atom. The Morgan fingerprint density at radius 2 is 0.877 bits per heavy atom. The van der Waals surface area contributed by atoms with Crippen molar-refractivity contribution in [2.24, 2.45) is 0 Å². The Morgan fingerprint density at radius 1 is 0.421 bits per heavy atom. The van der Waals surface area contributed by atoms with Gasteiger partial charge in [-0.15, -0.1) is 0 Å². The van der Waals surface area contributed by atoms with Gasteiger partial charge < -0.3 is 14.6 Å². The highest BCUT2D eigenvalue weighted by Gasteiger charge is 2.46. The normalized spacial score (nSPS) is 13.8. The van der Waals surface area contributed by atoms with Gasteiger partial charge in [-0.1, -0.05) is 157 Å². The van der Waals surface area contributed by atoms with Crippen LogP contribution < -0.4 is 9.47 Å². The van der Waals surface area contributed by atoms with Crippen LogP contribution in [0.5, 0.6) is 17.2 Å². The molecule has 1 atom stereocenters. The third kappa shape index (κ3) is 5.62. The van der Waals surface area contributed by atoms with Crippen LogP contribution in [0.25, 0.3) is 32.7 Å². The number of rotatable bonds is 8. The molecule has 274 valence electrons. The molecule has 0 saturated heterocycles. The number of aryl methyl sites for hydroxylation is 1. The van der Waals surface area contributed by atoms with E-state index in [1.54, 1.807) is 7.11 Å². The number of methoxy groups -OCH3 is 1. The molecule has 1 aliphatic carbocycles. The van der Waals surface area contributed by atoms with Crippen LogP contribution in [-0.2, 0) is 11.0 Å². The maximum absolute atomic E-state index is 12.4. The zero-order valence-corrected chi connectivity index (χ0v) is 31.8. The van der Waals surface area contributed by atoms with Crippen LogP contribution in [-0.4, -0.2) is 12.2 Å².